The number of likely N-dealkylation sites (tertiary alicyclic amines) is 1. The summed E-state index contributed by atoms with van der Waals surface area (Å²) in [7, 11) is 0. The molecule has 0 aliphatic carbocycles. The molecule has 0 saturated carbocycles. The van der Waals surface area contributed by atoms with Crippen LogP contribution in [0.5, 0.6) is 0 Å². The molecule has 1 aromatic carbocycles. The number of carbonyl (C=O) groups excluding carboxylic acids is 2. The second-order valence-corrected chi connectivity index (χ2v) is 7.55. The van der Waals surface area contributed by atoms with Crippen molar-refractivity contribution >= 4 is 11.9 Å². The highest BCUT2D eigenvalue weighted by atomic mass is 16.3. The Morgan fingerprint density at radius 1 is 1.04 bits per heavy atom. The van der Waals surface area contributed by atoms with E-state index in [2.05, 4.69) is 34.5 Å². The maximum Gasteiger partial charge on any atom is 0.317 e. The molecule has 1 unspecified atom stereocenters. The van der Waals surface area contributed by atoms with Crippen LogP contribution in [0, 0.1) is 0 Å². The van der Waals surface area contributed by atoms with Crippen LogP contribution in [-0.4, -0.2) is 83.2 Å². The number of amides is 3. The first-order chi connectivity index (χ1) is 13.0. The van der Waals surface area contributed by atoms with Gasteiger partial charge in [-0.3, -0.25) is 9.69 Å². The van der Waals surface area contributed by atoms with Gasteiger partial charge in [-0.05, 0) is 18.4 Å². The number of aliphatic hydroxyl groups is 1. The third kappa shape index (κ3) is 5.68. The van der Waals surface area contributed by atoms with Gasteiger partial charge in [-0.2, -0.15) is 0 Å². The zero-order chi connectivity index (χ0) is 19.2. The molecule has 2 N–H and O–H groups in total. The number of hydrogen-bond donors (Lipinski definition) is 2. The Labute approximate surface area is 160 Å². The molecule has 2 heterocycles. The predicted molar refractivity (Wildman–Crippen MR) is 103 cm³/mol. The Morgan fingerprint density at radius 3 is 2.33 bits per heavy atom. The van der Waals surface area contributed by atoms with Crippen LogP contribution in [0.4, 0.5) is 4.79 Å². The molecular formula is C20H30N4O3. The lowest BCUT2D eigenvalue weighted by molar-refractivity contribution is -0.129. The second-order valence-electron chi connectivity index (χ2n) is 7.55. The lowest BCUT2D eigenvalue weighted by Gasteiger charge is -2.33. The van der Waals surface area contributed by atoms with E-state index < -0.39 is 6.10 Å². The number of aliphatic hydroxyl groups excluding tert-OH is 1. The zero-order valence-corrected chi connectivity index (χ0v) is 16.0. The normalized spacial score (nSPS) is 22.4. The largest absolute Gasteiger partial charge is 0.389 e. The smallest absolute Gasteiger partial charge is 0.317 e. The van der Waals surface area contributed by atoms with Gasteiger partial charge in [0.25, 0.3) is 0 Å². The van der Waals surface area contributed by atoms with E-state index in [-0.39, 0.29) is 31.1 Å². The Balaban J connectivity index is 1.44. The van der Waals surface area contributed by atoms with E-state index in [9.17, 15) is 14.7 Å². The number of carbonyl (C=O) groups is 2. The van der Waals surface area contributed by atoms with Crippen LogP contribution in [0.25, 0.3) is 0 Å². The van der Waals surface area contributed by atoms with Gasteiger partial charge in [-0.15, -0.1) is 0 Å². The lowest BCUT2D eigenvalue weighted by Crippen LogP contribution is -2.50. The molecule has 3 rings (SSSR count). The van der Waals surface area contributed by atoms with Crippen molar-refractivity contribution in [3.63, 3.8) is 0 Å². The molecule has 0 bridgehead atoms. The first-order valence-electron chi connectivity index (χ1n) is 9.76. The average molecular weight is 374 g/mol. The fourth-order valence-electron chi connectivity index (χ4n) is 3.80. The molecule has 0 aromatic heterocycles. The van der Waals surface area contributed by atoms with E-state index in [1.165, 1.54) is 12.5 Å². The third-order valence-electron chi connectivity index (χ3n) is 5.40. The van der Waals surface area contributed by atoms with Gasteiger partial charge < -0.3 is 20.2 Å². The Morgan fingerprint density at radius 2 is 1.67 bits per heavy atom. The summed E-state index contributed by atoms with van der Waals surface area (Å²) in [6, 6.07) is 10.5. The predicted octanol–water partition coefficient (Wildman–Crippen LogP) is 0.886. The van der Waals surface area contributed by atoms with Crippen molar-refractivity contribution in [2.45, 2.75) is 38.5 Å². The number of nitrogens with zero attached hydrogens (tertiary/aromatic N) is 3. The summed E-state index contributed by atoms with van der Waals surface area (Å²) in [5.74, 6) is -0.0675. The van der Waals surface area contributed by atoms with E-state index in [0.717, 1.165) is 32.5 Å². The highest BCUT2D eigenvalue weighted by Gasteiger charge is 2.28. The van der Waals surface area contributed by atoms with E-state index >= 15 is 0 Å². The summed E-state index contributed by atoms with van der Waals surface area (Å²) in [6.07, 6.45) is 1.15. The van der Waals surface area contributed by atoms with Gasteiger partial charge in [0.05, 0.1) is 12.6 Å². The number of rotatable bonds is 3. The van der Waals surface area contributed by atoms with Crippen LogP contribution in [0.2, 0.25) is 0 Å². The van der Waals surface area contributed by atoms with Gasteiger partial charge in [0.15, 0.2) is 0 Å². The Hall–Kier alpha value is -2.12. The average Bonchev–Trinajstić information content (AvgIpc) is 2.86. The summed E-state index contributed by atoms with van der Waals surface area (Å²) in [5, 5.41) is 13.2. The van der Waals surface area contributed by atoms with Crippen molar-refractivity contribution in [3.05, 3.63) is 35.9 Å². The van der Waals surface area contributed by atoms with E-state index in [0.29, 0.717) is 13.1 Å². The molecule has 0 spiro atoms. The van der Waals surface area contributed by atoms with Gasteiger partial charge in [0.2, 0.25) is 5.91 Å². The molecule has 2 aliphatic rings. The Bertz CT molecular complexity index is 631. The number of benzene rings is 1. The summed E-state index contributed by atoms with van der Waals surface area (Å²) in [4.78, 5) is 29.8. The molecule has 2 aliphatic heterocycles. The van der Waals surface area contributed by atoms with Crippen LogP contribution in [0.3, 0.4) is 0 Å². The number of piperidine rings is 1. The van der Waals surface area contributed by atoms with Gasteiger partial charge in [0.1, 0.15) is 0 Å². The SMILES string of the molecule is CC(=O)N1CCN(C(=O)NC2CCN(Cc3ccccc3)CC2)CC(O)C1. The molecule has 3 amide bonds. The highest BCUT2D eigenvalue weighted by molar-refractivity contribution is 5.75. The number of nitrogens with one attached hydrogen (secondary N) is 1. The maximum absolute atomic E-state index is 12.6. The summed E-state index contributed by atoms with van der Waals surface area (Å²) in [5.41, 5.74) is 1.31. The Kier molecular flexibility index (Phi) is 6.68. The molecule has 2 fully saturated rings. The minimum Gasteiger partial charge on any atom is -0.389 e. The fraction of sp³-hybridized carbons (Fsp3) is 0.600. The fourth-order valence-corrected chi connectivity index (χ4v) is 3.80. The van der Waals surface area contributed by atoms with Crippen molar-refractivity contribution in [1.29, 1.82) is 0 Å². The highest BCUT2D eigenvalue weighted by Crippen LogP contribution is 2.14. The molecule has 7 nitrogen and oxygen atoms in total. The summed E-state index contributed by atoms with van der Waals surface area (Å²) < 4.78 is 0. The summed E-state index contributed by atoms with van der Waals surface area (Å²) >= 11 is 0. The molecule has 148 valence electrons. The topological polar surface area (TPSA) is 76.1 Å². The van der Waals surface area contributed by atoms with E-state index in [4.69, 9.17) is 0 Å². The molecule has 7 heteroatoms. The van der Waals surface area contributed by atoms with Crippen molar-refractivity contribution in [2.24, 2.45) is 0 Å². The number of hydrogen-bond acceptors (Lipinski definition) is 4. The molecule has 1 aromatic rings. The molecule has 27 heavy (non-hydrogen) atoms. The first-order valence-corrected chi connectivity index (χ1v) is 9.76. The number of β-amino-alcohol motifs (C(OH)–C–C–N with tert-alkyl or cyclic N) is 1. The van der Waals surface area contributed by atoms with E-state index in [1.807, 2.05) is 6.07 Å². The monoisotopic (exact) mass is 374 g/mol. The van der Waals surface area contributed by atoms with Crippen LogP contribution in [0.1, 0.15) is 25.3 Å². The lowest BCUT2D eigenvalue weighted by atomic mass is 10.0. The summed E-state index contributed by atoms with van der Waals surface area (Å²) in [6.45, 7) is 5.83. The molecule has 0 radical (unpaired) electrons. The van der Waals surface area contributed by atoms with Crippen LogP contribution >= 0.6 is 0 Å². The zero-order valence-electron chi connectivity index (χ0n) is 16.0. The minimum absolute atomic E-state index is 0.0675. The van der Waals surface area contributed by atoms with Gasteiger partial charge in [0, 0.05) is 52.2 Å². The standard InChI is InChI=1S/C20H30N4O3/c1-16(25)23-11-12-24(15-19(26)14-23)20(27)21-18-7-9-22(10-8-18)13-17-5-3-2-4-6-17/h2-6,18-19,26H,7-15H2,1H3,(H,21,27). The van der Waals surface area contributed by atoms with Crippen LogP contribution in [-0.2, 0) is 11.3 Å². The second kappa shape index (κ2) is 9.19. The van der Waals surface area contributed by atoms with Gasteiger partial charge in [-0.25, -0.2) is 4.79 Å². The van der Waals surface area contributed by atoms with Crippen molar-refractivity contribution in [1.82, 2.24) is 20.0 Å². The van der Waals surface area contributed by atoms with Crippen molar-refractivity contribution in [2.75, 3.05) is 39.3 Å². The molecule has 2 saturated heterocycles. The van der Waals surface area contributed by atoms with Crippen LogP contribution < -0.4 is 5.32 Å². The van der Waals surface area contributed by atoms with Gasteiger partial charge in [-0.1, -0.05) is 30.3 Å². The number of urea groups is 1. The van der Waals surface area contributed by atoms with Crippen molar-refractivity contribution in [3.8, 4) is 0 Å². The van der Waals surface area contributed by atoms with Crippen molar-refractivity contribution < 1.29 is 14.7 Å². The van der Waals surface area contributed by atoms with Crippen LogP contribution in [0.15, 0.2) is 30.3 Å². The van der Waals surface area contributed by atoms with Gasteiger partial charge >= 0.3 is 6.03 Å². The first kappa shape index (κ1) is 19.6. The molecular weight excluding hydrogens is 344 g/mol. The quantitative estimate of drug-likeness (QED) is 0.824. The minimum atomic E-state index is -0.699. The molecule has 1 atom stereocenters. The maximum atomic E-state index is 12.6. The van der Waals surface area contributed by atoms with E-state index in [1.54, 1.807) is 9.80 Å². The third-order valence-corrected chi connectivity index (χ3v) is 5.40.